The summed E-state index contributed by atoms with van der Waals surface area (Å²) < 4.78 is 0. The van der Waals surface area contributed by atoms with Gasteiger partial charge in [-0.1, -0.05) is 36.7 Å². The minimum Gasteiger partial charge on any atom is -0.480 e. The van der Waals surface area contributed by atoms with Crippen LogP contribution in [-0.2, 0) is 9.59 Å². The number of carbonyl (C=O) groups is 2. The molecule has 1 aliphatic rings. The number of amides is 1. The smallest absolute Gasteiger partial charge is 0.317 e. The van der Waals surface area contributed by atoms with Gasteiger partial charge in [-0.25, -0.2) is 0 Å². The quantitative estimate of drug-likeness (QED) is 0.723. The lowest BCUT2D eigenvalue weighted by atomic mass is 10.0. The Morgan fingerprint density at radius 3 is 2.58 bits per heavy atom. The zero-order valence-corrected chi connectivity index (χ0v) is 16.2. The van der Waals surface area contributed by atoms with Crippen molar-refractivity contribution in [3.63, 3.8) is 0 Å². The van der Waals surface area contributed by atoms with Crippen LogP contribution in [0, 0.1) is 0 Å². The highest BCUT2D eigenvalue weighted by Gasteiger charge is 2.26. The van der Waals surface area contributed by atoms with E-state index in [1.807, 2.05) is 43.0 Å². The molecule has 7 heteroatoms. The van der Waals surface area contributed by atoms with Gasteiger partial charge in [-0.05, 0) is 37.9 Å². The molecule has 1 fully saturated rings. The standard InChI is InChI=1S/C19H28ClN3O3/c1-3-23(13-19(25)26)15-8-10-22(11-9-15)12-18(24)21-14(2)16-6-4-5-7-17(16)20/h4-7,14-15H,3,8-13H2,1-2H3,(H,21,24)(H,25,26). The van der Waals surface area contributed by atoms with E-state index in [9.17, 15) is 9.59 Å². The Bertz CT molecular complexity index is 618. The Morgan fingerprint density at radius 2 is 2.00 bits per heavy atom. The van der Waals surface area contributed by atoms with Gasteiger partial charge in [0.15, 0.2) is 0 Å². The van der Waals surface area contributed by atoms with E-state index >= 15 is 0 Å². The Morgan fingerprint density at radius 1 is 1.35 bits per heavy atom. The molecular formula is C19H28ClN3O3. The monoisotopic (exact) mass is 381 g/mol. The third-order valence-corrected chi connectivity index (χ3v) is 5.28. The molecule has 1 saturated heterocycles. The number of hydrogen-bond acceptors (Lipinski definition) is 4. The lowest BCUT2D eigenvalue weighted by Gasteiger charge is -2.37. The van der Waals surface area contributed by atoms with E-state index in [1.165, 1.54) is 0 Å². The molecule has 1 aliphatic heterocycles. The van der Waals surface area contributed by atoms with E-state index in [0.717, 1.165) is 38.0 Å². The molecule has 0 aliphatic carbocycles. The average Bonchev–Trinajstić information content (AvgIpc) is 2.60. The number of piperidine rings is 1. The maximum Gasteiger partial charge on any atom is 0.317 e. The molecule has 0 saturated carbocycles. The second-order valence-corrected chi connectivity index (χ2v) is 7.18. The molecule has 0 aromatic heterocycles. The van der Waals surface area contributed by atoms with Crippen molar-refractivity contribution in [3.05, 3.63) is 34.9 Å². The van der Waals surface area contributed by atoms with Crippen molar-refractivity contribution in [2.45, 2.75) is 38.8 Å². The highest BCUT2D eigenvalue weighted by atomic mass is 35.5. The molecule has 6 nitrogen and oxygen atoms in total. The zero-order chi connectivity index (χ0) is 19.1. The number of halogens is 1. The number of carboxylic acid groups (broad SMARTS) is 1. The first-order chi connectivity index (χ1) is 12.4. The topological polar surface area (TPSA) is 72.9 Å². The summed E-state index contributed by atoms with van der Waals surface area (Å²) in [7, 11) is 0. The molecule has 0 radical (unpaired) electrons. The maximum absolute atomic E-state index is 12.3. The Kier molecular flexibility index (Phi) is 7.87. The largest absolute Gasteiger partial charge is 0.480 e. The van der Waals surface area contributed by atoms with Gasteiger partial charge in [-0.3, -0.25) is 19.4 Å². The van der Waals surface area contributed by atoms with Gasteiger partial charge in [0, 0.05) is 24.2 Å². The molecule has 2 N–H and O–H groups in total. The fourth-order valence-electron chi connectivity index (χ4n) is 3.51. The maximum atomic E-state index is 12.3. The number of aliphatic carboxylic acids is 1. The molecule has 2 rings (SSSR count). The Balaban J connectivity index is 1.79. The summed E-state index contributed by atoms with van der Waals surface area (Å²) in [4.78, 5) is 27.4. The predicted molar refractivity (Wildman–Crippen MR) is 102 cm³/mol. The molecule has 1 atom stereocenters. The van der Waals surface area contributed by atoms with Gasteiger partial charge < -0.3 is 10.4 Å². The lowest BCUT2D eigenvalue weighted by molar-refractivity contribution is -0.139. The van der Waals surface area contributed by atoms with Crippen LogP contribution in [0.25, 0.3) is 0 Å². The van der Waals surface area contributed by atoms with E-state index in [0.29, 0.717) is 11.6 Å². The fraction of sp³-hybridized carbons (Fsp3) is 0.579. The van der Waals surface area contributed by atoms with E-state index in [2.05, 4.69) is 10.2 Å². The molecule has 26 heavy (non-hydrogen) atoms. The van der Waals surface area contributed by atoms with Gasteiger partial charge >= 0.3 is 5.97 Å². The van der Waals surface area contributed by atoms with Gasteiger partial charge in [0.2, 0.25) is 5.91 Å². The summed E-state index contributed by atoms with van der Waals surface area (Å²) in [5.41, 5.74) is 0.911. The summed E-state index contributed by atoms with van der Waals surface area (Å²) in [5.74, 6) is -0.809. The van der Waals surface area contributed by atoms with Crippen LogP contribution in [0.1, 0.15) is 38.3 Å². The number of benzene rings is 1. The van der Waals surface area contributed by atoms with Crippen LogP contribution in [0.3, 0.4) is 0 Å². The van der Waals surface area contributed by atoms with E-state index in [1.54, 1.807) is 0 Å². The highest BCUT2D eigenvalue weighted by Crippen LogP contribution is 2.22. The number of rotatable bonds is 8. The first-order valence-corrected chi connectivity index (χ1v) is 9.50. The molecule has 1 unspecified atom stereocenters. The number of likely N-dealkylation sites (N-methyl/N-ethyl adjacent to an activating group) is 1. The summed E-state index contributed by atoms with van der Waals surface area (Å²) in [6.07, 6.45) is 1.77. The fourth-order valence-corrected chi connectivity index (χ4v) is 3.81. The van der Waals surface area contributed by atoms with Crippen LogP contribution in [-0.4, -0.2) is 65.5 Å². The second-order valence-electron chi connectivity index (χ2n) is 6.77. The van der Waals surface area contributed by atoms with Crippen LogP contribution in [0.2, 0.25) is 5.02 Å². The number of carbonyl (C=O) groups excluding carboxylic acids is 1. The summed E-state index contributed by atoms with van der Waals surface area (Å²) in [6, 6.07) is 7.65. The predicted octanol–water partition coefficient (Wildman–Crippen LogP) is 2.39. The van der Waals surface area contributed by atoms with Crippen molar-refractivity contribution >= 4 is 23.5 Å². The SMILES string of the molecule is CCN(CC(=O)O)C1CCN(CC(=O)NC(C)c2ccccc2Cl)CC1. The average molecular weight is 382 g/mol. The van der Waals surface area contributed by atoms with Gasteiger partial charge in [0.1, 0.15) is 0 Å². The third kappa shape index (κ3) is 5.97. The normalized spacial score (nSPS) is 17.2. The highest BCUT2D eigenvalue weighted by molar-refractivity contribution is 6.31. The number of nitrogens with one attached hydrogen (secondary N) is 1. The van der Waals surface area contributed by atoms with Crippen molar-refractivity contribution in [3.8, 4) is 0 Å². The molecule has 1 amide bonds. The van der Waals surface area contributed by atoms with E-state index in [4.69, 9.17) is 16.7 Å². The van der Waals surface area contributed by atoms with Gasteiger partial charge in [0.05, 0.1) is 19.1 Å². The summed E-state index contributed by atoms with van der Waals surface area (Å²) >= 11 is 6.18. The van der Waals surface area contributed by atoms with E-state index in [-0.39, 0.29) is 24.5 Å². The van der Waals surface area contributed by atoms with Crippen LogP contribution in [0.4, 0.5) is 0 Å². The van der Waals surface area contributed by atoms with Crippen LogP contribution >= 0.6 is 11.6 Å². The molecule has 1 aromatic rings. The minimum absolute atomic E-state index is 0.0197. The molecule has 1 aromatic carbocycles. The van der Waals surface area contributed by atoms with Crippen molar-refractivity contribution in [2.24, 2.45) is 0 Å². The van der Waals surface area contributed by atoms with Crippen molar-refractivity contribution in [1.82, 2.24) is 15.1 Å². The molecule has 144 valence electrons. The van der Waals surface area contributed by atoms with Crippen molar-refractivity contribution in [2.75, 3.05) is 32.7 Å². The minimum atomic E-state index is -0.790. The molecular weight excluding hydrogens is 354 g/mol. The molecule has 0 bridgehead atoms. The van der Waals surface area contributed by atoms with Crippen LogP contribution in [0.5, 0.6) is 0 Å². The number of likely N-dealkylation sites (tertiary alicyclic amines) is 1. The van der Waals surface area contributed by atoms with Gasteiger partial charge in [-0.2, -0.15) is 0 Å². The number of carboxylic acids is 1. The molecule has 0 spiro atoms. The first kappa shape index (κ1) is 20.7. The van der Waals surface area contributed by atoms with Gasteiger partial charge in [0.25, 0.3) is 0 Å². The summed E-state index contributed by atoms with van der Waals surface area (Å²) in [6.45, 7) is 6.68. The zero-order valence-electron chi connectivity index (χ0n) is 15.4. The van der Waals surface area contributed by atoms with Crippen LogP contribution < -0.4 is 5.32 Å². The van der Waals surface area contributed by atoms with Crippen molar-refractivity contribution in [1.29, 1.82) is 0 Å². The van der Waals surface area contributed by atoms with E-state index < -0.39 is 5.97 Å². The Labute approximate surface area is 160 Å². The first-order valence-electron chi connectivity index (χ1n) is 9.12. The van der Waals surface area contributed by atoms with Gasteiger partial charge in [-0.15, -0.1) is 0 Å². The number of nitrogens with zero attached hydrogens (tertiary/aromatic N) is 2. The lowest BCUT2D eigenvalue weighted by Crippen LogP contribution is -2.48. The third-order valence-electron chi connectivity index (χ3n) is 4.93. The van der Waals surface area contributed by atoms with Crippen molar-refractivity contribution < 1.29 is 14.7 Å². The number of hydrogen-bond donors (Lipinski definition) is 2. The Hall–Kier alpha value is -1.63. The summed E-state index contributed by atoms with van der Waals surface area (Å²) in [5, 5.41) is 12.7. The van der Waals surface area contributed by atoms with Crippen LogP contribution in [0.15, 0.2) is 24.3 Å². The molecule has 1 heterocycles. The second kappa shape index (κ2) is 9.90.